The van der Waals surface area contributed by atoms with E-state index in [1.807, 2.05) is 19.9 Å². The highest BCUT2D eigenvalue weighted by atomic mass is 35.5. The Bertz CT molecular complexity index is 1110. The minimum atomic E-state index is -0.624. The first-order valence-electron chi connectivity index (χ1n) is 10.2. The van der Waals surface area contributed by atoms with E-state index in [9.17, 15) is 14.0 Å². The molecule has 2 N–H and O–H groups in total. The van der Waals surface area contributed by atoms with Gasteiger partial charge in [0.2, 0.25) is 0 Å². The van der Waals surface area contributed by atoms with Crippen molar-refractivity contribution >= 4 is 23.4 Å². The van der Waals surface area contributed by atoms with Gasteiger partial charge in [-0.05, 0) is 57.4 Å². The van der Waals surface area contributed by atoms with Crippen LogP contribution in [0.15, 0.2) is 30.5 Å². The minimum Gasteiger partial charge on any atom is -0.484 e. The molecule has 0 bridgehead atoms. The summed E-state index contributed by atoms with van der Waals surface area (Å²) < 4.78 is 24.2. The first-order valence-corrected chi connectivity index (χ1v) is 10.6. The zero-order valence-corrected chi connectivity index (χ0v) is 19.3. The smallest absolute Gasteiger partial charge is 0.258 e. The van der Waals surface area contributed by atoms with Crippen LogP contribution in [0, 0.1) is 24.1 Å². The van der Waals surface area contributed by atoms with Gasteiger partial charge in [0.1, 0.15) is 29.1 Å². The van der Waals surface area contributed by atoms with Crippen molar-refractivity contribution in [1.82, 2.24) is 15.6 Å². The normalized spacial score (nSPS) is 21.3. The maximum Gasteiger partial charge on any atom is 0.258 e. The number of hydrogen-bond donors (Lipinski definition) is 2. The van der Waals surface area contributed by atoms with Crippen molar-refractivity contribution < 1.29 is 23.5 Å². The second kappa shape index (κ2) is 9.63. The number of halogens is 2. The number of amides is 2. The predicted molar refractivity (Wildman–Crippen MR) is 118 cm³/mol. The van der Waals surface area contributed by atoms with Gasteiger partial charge in [0.05, 0.1) is 11.2 Å². The van der Waals surface area contributed by atoms with Crippen LogP contribution in [-0.4, -0.2) is 41.1 Å². The van der Waals surface area contributed by atoms with E-state index in [2.05, 4.69) is 15.6 Å². The zero-order chi connectivity index (χ0) is 24.2. The SMILES string of the molecule is Cc1cc(OCC(=O)NC2(C)CC(C)(NC(=O)COc3ccc(Cl)c(F)c3)C2)cnc1C#N. The van der Waals surface area contributed by atoms with E-state index in [1.165, 1.54) is 18.3 Å². The topological polar surface area (TPSA) is 113 Å². The highest BCUT2D eigenvalue weighted by molar-refractivity contribution is 6.30. The van der Waals surface area contributed by atoms with Gasteiger partial charge in [-0.1, -0.05) is 11.6 Å². The summed E-state index contributed by atoms with van der Waals surface area (Å²) >= 11 is 5.63. The number of ether oxygens (including phenoxy) is 2. The third-order valence-electron chi connectivity index (χ3n) is 5.23. The highest BCUT2D eigenvalue weighted by Crippen LogP contribution is 2.40. The number of nitrogens with one attached hydrogen (secondary N) is 2. The Balaban J connectivity index is 1.42. The number of aromatic nitrogens is 1. The first-order chi connectivity index (χ1) is 15.5. The molecule has 1 saturated carbocycles. The molecule has 10 heteroatoms. The molecule has 0 unspecified atom stereocenters. The summed E-state index contributed by atoms with van der Waals surface area (Å²) in [5.74, 6) is -0.676. The second-order valence-corrected chi connectivity index (χ2v) is 9.08. The number of nitrogens with zero attached hydrogens (tertiary/aromatic N) is 2. The molecule has 1 heterocycles. The van der Waals surface area contributed by atoms with E-state index in [0.29, 0.717) is 29.8 Å². The summed E-state index contributed by atoms with van der Waals surface area (Å²) in [6.45, 7) is 5.03. The molecule has 1 fully saturated rings. The lowest BCUT2D eigenvalue weighted by molar-refractivity contribution is -0.129. The fraction of sp³-hybridized carbons (Fsp3) is 0.391. The van der Waals surface area contributed by atoms with E-state index in [-0.39, 0.29) is 35.8 Å². The van der Waals surface area contributed by atoms with E-state index in [1.54, 1.807) is 13.0 Å². The lowest BCUT2D eigenvalue weighted by Gasteiger charge is -2.53. The lowest BCUT2D eigenvalue weighted by Crippen LogP contribution is -2.69. The average Bonchev–Trinajstić information content (AvgIpc) is 2.72. The van der Waals surface area contributed by atoms with Crippen LogP contribution in [0.25, 0.3) is 0 Å². The molecular weight excluding hydrogens is 451 g/mol. The molecular formula is C23H24ClFN4O4. The molecule has 33 heavy (non-hydrogen) atoms. The van der Waals surface area contributed by atoms with Crippen LogP contribution >= 0.6 is 11.6 Å². The van der Waals surface area contributed by atoms with Crippen LogP contribution in [0.2, 0.25) is 5.02 Å². The summed E-state index contributed by atoms with van der Waals surface area (Å²) in [6, 6.07) is 7.57. The number of aryl methyl sites for hydroxylation is 1. The van der Waals surface area contributed by atoms with Crippen LogP contribution in [-0.2, 0) is 9.59 Å². The number of hydrogen-bond acceptors (Lipinski definition) is 6. The fourth-order valence-electron chi connectivity index (χ4n) is 4.20. The Morgan fingerprint density at radius 2 is 1.70 bits per heavy atom. The van der Waals surface area contributed by atoms with Crippen LogP contribution in [0.5, 0.6) is 11.5 Å². The van der Waals surface area contributed by atoms with Gasteiger partial charge in [-0.25, -0.2) is 9.37 Å². The fourth-order valence-corrected chi connectivity index (χ4v) is 4.32. The van der Waals surface area contributed by atoms with Crippen molar-refractivity contribution in [1.29, 1.82) is 5.26 Å². The molecule has 1 aromatic heterocycles. The number of rotatable bonds is 8. The molecule has 0 radical (unpaired) electrons. The summed E-state index contributed by atoms with van der Waals surface area (Å²) in [5.41, 5.74) is -0.0385. The largest absolute Gasteiger partial charge is 0.484 e. The standard InChI is InChI=1S/C23H24ClFN4O4/c1-14-6-16(9-27-19(14)8-26)33-11-21(31)29-23(3)12-22(2,13-23)28-20(30)10-32-15-4-5-17(24)18(25)7-15/h4-7,9H,10-13H2,1-3H3,(H,28,30)(H,29,31). The molecule has 0 aliphatic heterocycles. The van der Waals surface area contributed by atoms with Gasteiger partial charge < -0.3 is 20.1 Å². The molecule has 1 aliphatic carbocycles. The van der Waals surface area contributed by atoms with Crippen molar-refractivity contribution in [2.45, 2.75) is 44.7 Å². The van der Waals surface area contributed by atoms with Crippen LogP contribution in [0.1, 0.15) is 37.9 Å². The molecule has 1 aliphatic rings. The van der Waals surface area contributed by atoms with Gasteiger partial charge >= 0.3 is 0 Å². The Hall–Kier alpha value is -3.38. The van der Waals surface area contributed by atoms with Gasteiger partial charge in [0, 0.05) is 17.1 Å². The van der Waals surface area contributed by atoms with Crippen molar-refractivity contribution in [3.05, 3.63) is 52.6 Å². The summed E-state index contributed by atoms with van der Waals surface area (Å²) in [5, 5.41) is 14.7. The van der Waals surface area contributed by atoms with Crippen LogP contribution in [0.3, 0.4) is 0 Å². The summed E-state index contributed by atoms with van der Waals surface area (Å²) in [7, 11) is 0. The van der Waals surface area contributed by atoms with Crippen molar-refractivity contribution in [2.24, 2.45) is 0 Å². The molecule has 1 aromatic carbocycles. The summed E-state index contributed by atoms with van der Waals surface area (Å²) in [4.78, 5) is 28.5. The van der Waals surface area contributed by atoms with Gasteiger partial charge in [-0.3, -0.25) is 9.59 Å². The predicted octanol–water partition coefficient (Wildman–Crippen LogP) is 3.06. The molecule has 3 rings (SSSR count). The molecule has 2 aromatic rings. The van der Waals surface area contributed by atoms with Crippen LogP contribution < -0.4 is 20.1 Å². The third kappa shape index (κ3) is 6.33. The van der Waals surface area contributed by atoms with E-state index < -0.39 is 16.9 Å². The monoisotopic (exact) mass is 474 g/mol. The number of carbonyl (C=O) groups is 2. The Morgan fingerprint density at radius 1 is 1.12 bits per heavy atom. The highest BCUT2D eigenvalue weighted by Gasteiger charge is 2.50. The number of benzene rings is 1. The van der Waals surface area contributed by atoms with Crippen molar-refractivity contribution in [3.63, 3.8) is 0 Å². The maximum absolute atomic E-state index is 13.5. The number of pyridine rings is 1. The van der Waals surface area contributed by atoms with Gasteiger partial charge in [0.25, 0.3) is 11.8 Å². The lowest BCUT2D eigenvalue weighted by atomic mass is 9.64. The van der Waals surface area contributed by atoms with Crippen LogP contribution in [0.4, 0.5) is 4.39 Å². The number of nitriles is 1. The van der Waals surface area contributed by atoms with Gasteiger partial charge in [0.15, 0.2) is 13.2 Å². The third-order valence-corrected chi connectivity index (χ3v) is 5.54. The second-order valence-electron chi connectivity index (χ2n) is 8.67. The van der Waals surface area contributed by atoms with Gasteiger partial charge in [-0.15, -0.1) is 0 Å². The first kappa shape index (κ1) is 24.3. The Morgan fingerprint density at radius 3 is 2.21 bits per heavy atom. The van der Waals surface area contributed by atoms with E-state index in [0.717, 1.165) is 6.07 Å². The average molecular weight is 475 g/mol. The Kier molecular flexibility index (Phi) is 7.08. The van der Waals surface area contributed by atoms with E-state index >= 15 is 0 Å². The zero-order valence-electron chi connectivity index (χ0n) is 18.5. The molecule has 0 atom stereocenters. The van der Waals surface area contributed by atoms with Crippen molar-refractivity contribution in [3.8, 4) is 17.6 Å². The number of carbonyl (C=O) groups excluding carboxylic acids is 2. The molecule has 0 spiro atoms. The molecule has 0 saturated heterocycles. The molecule has 2 amide bonds. The maximum atomic E-state index is 13.5. The molecule has 174 valence electrons. The Labute approximate surface area is 196 Å². The molecule has 8 nitrogen and oxygen atoms in total. The quantitative estimate of drug-likeness (QED) is 0.608. The van der Waals surface area contributed by atoms with Gasteiger partial charge in [-0.2, -0.15) is 5.26 Å². The summed E-state index contributed by atoms with van der Waals surface area (Å²) in [6.07, 6.45) is 2.44. The van der Waals surface area contributed by atoms with E-state index in [4.69, 9.17) is 26.3 Å². The van der Waals surface area contributed by atoms with Crippen molar-refractivity contribution in [2.75, 3.05) is 13.2 Å². The minimum absolute atomic E-state index is 0.0239.